The Hall–Kier alpha value is -1.70. The Labute approximate surface area is 102 Å². The molecule has 0 aromatic heterocycles. The van der Waals surface area contributed by atoms with E-state index >= 15 is 0 Å². The second kappa shape index (κ2) is 6.14. The highest BCUT2D eigenvalue weighted by Gasteiger charge is 2.23. The highest BCUT2D eigenvalue weighted by Crippen LogP contribution is 2.05. The Kier molecular flexibility index (Phi) is 5.52. The summed E-state index contributed by atoms with van der Waals surface area (Å²) >= 11 is 0. The first-order valence-corrected chi connectivity index (χ1v) is 5.47. The van der Waals surface area contributed by atoms with E-state index in [1.807, 2.05) is 13.8 Å². The lowest BCUT2D eigenvalue weighted by atomic mass is 10.0. The van der Waals surface area contributed by atoms with E-state index in [-0.39, 0.29) is 5.92 Å². The number of terminal acetylenes is 1. The van der Waals surface area contributed by atoms with Crippen molar-refractivity contribution in [2.24, 2.45) is 5.92 Å². The number of aliphatic carboxylic acids is 1. The van der Waals surface area contributed by atoms with Crippen molar-refractivity contribution in [3.05, 3.63) is 0 Å². The molecule has 0 aliphatic carbocycles. The number of hydrogen-bond acceptors (Lipinski definition) is 2. The zero-order chi connectivity index (χ0) is 13.6. The molecule has 2 amide bonds. The van der Waals surface area contributed by atoms with Crippen LogP contribution in [0.4, 0.5) is 4.79 Å². The van der Waals surface area contributed by atoms with Crippen LogP contribution in [0.3, 0.4) is 0 Å². The molecule has 0 saturated carbocycles. The van der Waals surface area contributed by atoms with E-state index in [0.717, 1.165) is 0 Å². The molecule has 17 heavy (non-hydrogen) atoms. The number of urea groups is 1. The van der Waals surface area contributed by atoms with Gasteiger partial charge in [0.25, 0.3) is 0 Å². The van der Waals surface area contributed by atoms with Gasteiger partial charge in [0.05, 0.1) is 5.54 Å². The lowest BCUT2D eigenvalue weighted by Crippen LogP contribution is -2.52. The largest absolute Gasteiger partial charge is 0.480 e. The molecule has 0 aromatic carbocycles. The number of carboxylic acid groups (broad SMARTS) is 1. The Balaban J connectivity index is 4.43. The summed E-state index contributed by atoms with van der Waals surface area (Å²) in [5.74, 6) is 1.53. The number of amides is 2. The molecule has 0 aliphatic heterocycles. The minimum absolute atomic E-state index is 0.178. The predicted molar refractivity (Wildman–Crippen MR) is 65.5 cm³/mol. The van der Waals surface area contributed by atoms with Gasteiger partial charge in [0, 0.05) is 0 Å². The van der Waals surface area contributed by atoms with Crippen molar-refractivity contribution in [1.29, 1.82) is 0 Å². The molecule has 0 spiro atoms. The summed E-state index contributed by atoms with van der Waals surface area (Å²) in [5, 5.41) is 13.9. The molecule has 0 aliphatic rings. The Morgan fingerprint density at radius 3 is 2.29 bits per heavy atom. The van der Waals surface area contributed by atoms with Crippen LogP contribution in [-0.2, 0) is 4.79 Å². The third-order valence-electron chi connectivity index (χ3n) is 2.10. The fraction of sp³-hybridized carbons (Fsp3) is 0.667. The summed E-state index contributed by atoms with van der Waals surface area (Å²) in [4.78, 5) is 22.5. The lowest BCUT2D eigenvalue weighted by molar-refractivity contribution is -0.139. The summed E-state index contributed by atoms with van der Waals surface area (Å²) < 4.78 is 0. The van der Waals surface area contributed by atoms with Crippen molar-refractivity contribution >= 4 is 12.0 Å². The molecule has 0 bridgehead atoms. The summed E-state index contributed by atoms with van der Waals surface area (Å²) in [5.41, 5.74) is -0.801. The van der Waals surface area contributed by atoms with E-state index in [0.29, 0.717) is 6.42 Å². The van der Waals surface area contributed by atoms with Gasteiger partial charge in [-0.1, -0.05) is 19.8 Å². The average molecular weight is 240 g/mol. The average Bonchev–Trinajstić information content (AvgIpc) is 2.15. The molecule has 5 nitrogen and oxygen atoms in total. The normalized spacial score (nSPS) is 12.7. The number of rotatable bonds is 5. The van der Waals surface area contributed by atoms with Gasteiger partial charge in [0.1, 0.15) is 6.04 Å². The molecule has 0 radical (unpaired) electrons. The van der Waals surface area contributed by atoms with Crippen LogP contribution in [-0.4, -0.2) is 28.7 Å². The van der Waals surface area contributed by atoms with Gasteiger partial charge < -0.3 is 15.7 Å². The molecule has 0 rings (SSSR count). The third-order valence-corrected chi connectivity index (χ3v) is 2.10. The molecular weight excluding hydrogens is 220 g/mol. The molecule has 0 heterocycles. The summed E-state index contributed by atoms with van der Waals surface area (Å²) in [6, 6.07) is -1.47. The van der Waals surface area contributed by atoms with E-state index < -0.39 is 23.6 Å². The monoisotopic (exact) mass is 240 g/mol. The Morgan fingerprint density at radius 1 is 1.41 bits per heavy atom. The Morgan fingerprint density at radius 2 is 1.94 bits per heavy atom. The van der Waals surface area contributed by atoms with Gasteiger partial charge in [0.2, 0.25) is 0 Å². The summed E-state index contributed by atoms with van der Waals surface area (Å²) in [6.07, 6.45) is 5.59. The molecule has 0 aromatic rings. The molecule has 5 heteroatoms. The number of nitrogens with one attached hydrogen (secondary N) is 2. The van der Waals surface area contributed by atoms with Crippen LogP contribution in [0.2, 0.25) is 0 Å². The van der Waals surface area contributed by atoms with Crippen LogP contribution in [0, 0.1) is 18.3 Å². The van der Waals surface area contributed by atoms with E-state index in [1.54, 1.807) is 13.8 Å². The highest BCUT2D eigenvalue weighted by molar-refractivity contribution is 5.83. The number of carbonyl (C=O) groups excluding carboxylic acids is 1. The first-order chi connectivity index (χ1) is 7.68. The van der Waals surface area contributed by atoms with E-state index in [2.05, 4.69) is 16.6 Å². The van der Waals surface area contributed by atoms with Crippen LogP contribution in [0.5, 0.6) is 0 Å². The minimum atomic E-state index is -1.05. The predicted octanol–water partition coefficient (Wildman–Crippen LogP) is 1.20. The van der Waals surface area contributed by atoms with Gasteiger partial charge in [-0.15, -0.1) is 6.42 Å². The van der Waals surface area contributed by atoms with E-state index in [9.17, 15) is 9.59 Å². The van der Waals surface area contributed by atoms with Gasteiger partial charge in [-0.3, -0.25) is 0 Å². The molecule has 3 N–H and O–H groups in total. The van der Waals surface area contributed by atoms with Crippen molar-refractivity contribution in [1.82, 2.24) is 10.6 Å². The minimum Gasteiger partial charge on any atom is -0.480 e. The molecule has 0 unspecified atom stereocenters. The molecule has 96 valence electrons. The maximum absolute atomic E-state index is 11.5. The maximum Gasteiger partial charge on any atom is 0.326 e. The van der Waals surface area contributed by atoms with E-state index in [4.69, 9.17) is 11.5 Å². The second-order valence-electron chi connectivity index (χ2n) is 4.89. The number of hydrogen-bond donors (Lipinski definition) is 3. The zero-order valence-corrected chi connectivity index (χ0v) is 10.7. The van der Waals surface area contributed by atoms with Gasteiger partial charge in [-0.25, -0.2) is 9.59 Å². The lowest BCUT2D eigenvalue weighted by Gasteiger charge is -2.22. The van der Waals surface area contributed by atoms with Gasteiger partial charge >= 0.3 is 12.0 Å². The van der Waals surface area contributed by atoms with Crippen LogP contribution >= 0.6 is 0 Å². The van der Waals surface area contributed by atoms with Crippen molar-refractivity contribution < 1.29 is 14.7 Å². The van der Waals surface area contributed by atoms with Crippen molar-refractivity contribution in [2.75, 3.05) is 0 Å². The topological polar surface area (TPSA) is 78.4 Å². The SMILES string of the molecule is C#CC(C)(C)NC(=O)N[C@@H](CC(C)C)C(=O)O. The smallest absolute Gasteiger partial charge is 0.326 e. The third kappa shape index (κ3) is 6.46. The Bertz CT molecular complexity index is 329. The van der Waals surface area contributed by atoms with E-state index in [1.165, 1.54) is 0 Å². The molecular formula is C12H20N2O3. The van der Waals surface area contributed by atoms with Crippen LogP contribution in [0.1, 0.15) is 34.1 Å². The van der Waals surface area contributed by atoms with Crippen LogP contribution in [0.15, 0.2) is 0 Å². The van der Waals surface area contributed by atoms with Gasteiger partial charge in [-0.2, -0.15) is 0 Å². The van der Waals surface area contributed by atoms with Crippen molar-refractivity contribution in [2.45, 2.75) is 45.7 Å². The number of carbonyl (C=O) groups is 2. The molecule has 0 fully saturated rings. The van der Waals surface area contributed by atoms with Crippen molar-refractivity contribution in [3.63, 3.8) is 0 Å². The van der Waals surface area contributed by atoms with Gasteiger partial charge in [-0.05, 0) is 26.2 Å². The fourth-order valence-electron chi connectivity index (χ4n) is 1.21. The fourth-order valence-corrected chi connectivity index (χ4v) is 1.21. The first kappa shape index (κ1) is 15.3. The van der Waals surface area contributed by atoms with Gasteiger partial charge in [0.15, 0.2) is 0 Å². The maximum atomic E-state index is 11.5. The summed E-state index contributed by atoms with van der Waals surface area (Å²) in [6.45, 7) is 7.09. The molecule has 1 atom stereocenters. The zero-order valence-electron chi connectivity index (χ0n) is 10.7. The standard InChI is InChI=1S/C12H20N2O3/c1-6-12(4,5)14-11(17)13-9(10(15)16)7-8(2)3/h1,8-9H,7H2,2-5H3,(H,15,16)(H2,13,14,17)/t9-/m0/s1. The molecule has 0 saturated heterocycles. The van der Waals surface area contributed by atoms with Crippen LogP contribution < -0.4 is 10.6 Å². The number of carboxylic acids is 1. The van der Waals surface area contributed by atoms with Crippen molar-refractivity contribution in [3.8, 4) is 12.3 Å². The van der Waals surface area contributed by atoms with Crippen LogP contribution in [0.25, 0.3) is 0 Å². The summed E-state index contributed by atoms with van der Waals surface area (Å²) in [7, 11) is 0. The quantitative estimate of drug-likeness (QED) is 0.632. The second-order valence-corrected chi connectivity index (χ2v) is 4.89. The highest BCUT2D eigenvalue weighted by atomic mass is 16.4. The first-order valence-electron chi connectivity index (χ1n) is 5.47.